The number of nitrogens with one attached hydrogen (secondary N) is 2. The quantitative estimate of drug-likeness (QED) is 0.126. The van der Waals surface area contributed by atoms with Gasteiger partial charge in [0.25, 0.3) is 11.8 Å². The van der Waals surface area contributed by atoms with E-state index in [4.69, 9.17) is 23.7 Å². The fraction of sp³-hybridized carbons (Fsp3) is 0.576. The Morgan fingerprint density at radius 1 is 0.733 bits per heavy atom. The average Bonchev–Trinajstić information content (AvgIpc) is 3.55. The van der Waals surface area contributed by atoms with Gasteiger partial charge in [-0.15, -0.1) is 11.8 Å². The highest BCUT2D eigenvalue weighted by Crippen LogP contribution is 2.52. The zero-order chi connectivity index (χ0) is 31.7. The summed E-state index contributed by atoms with van der Waals surface area (Å²) in [7, 11) is 0. The lowest BCUT2D eigenvalue weighted by molar-refractivity contribution is -0.121. The number of anilines is 1. The van der Waals surface area contributed by atoms with Gasteiger partial charge in [0.1, 0.15) is 0 Å². The minimum absolute atomic E-state index is 0.152. The van der Waals surface area contributed by atoms with E-state index in [0.29, 0.717) is 96.0 Å². The van der Waals surface area contributed by atoms with Crippen molar-refractivity contribution in [1.82, 2.24) is 10.6 Å². The molecule has 244 valence electrons. The van der Waals surface area contributed by atoms with Crippen LogP contribution in [0.3, 0.4) is 0 Å². The Morgan fingerprint density at radius 3 is 1.80 bits per heavy atom. The molecule has 4 rings (SSSR count). The third-order valence-electron chi connectivity index (χ3n) is 7.81. The smallest absolute Gasteiger partial charge is 0.407 e. The van der Waals surface area contributed by atoms with Gasteiger partial charge >= 0.3 is 6.09 Å². The Kier molecular flexibility index (Phi) is 14.3. The Labute approximate surface area is 264 Å². The molecular formula is C33H43N3O9. The fourth-order valence-electron chi connectivity index (χ4n) is 5.42. The molecule has 3 atom stereocenters. The van der Waals surface area contributed by atoms with Crippen molar-refractivity contribution in [3.8, 4) is 11.8 Å². The highest BCUT2D eigenvalue weighted by Gasteiger charge is 2.49. The van der Waals surface area contributed by atoms with Crippen LogP contribution < -0.4 is 15.5 Å². The number of fused-ring (bicyclic) bond motifs is 1. The number of carbonyl (C=O) groups is 4. The zero-order valence-corrected chi connectivity index (χ0v) is 25.6. The fourth-order valence-corrected chi connectivity index (χ4v) is 5.42. The average molecular weight is 626 g/mol. The first-order chi connectivity index (χ1) is 22.0. The summed E-state index contributed by atoms with van der Waals surface area (Å²) in [5, 5.41) is 5.51. The van der Waals surface area contributed by atoms with E-state index < -0.39 is 6.09 Å². The minimum atomic E-state index is -0.397. The number of carbonyl (C=O) groups excluding carboxylic acids is 4. The second-order valence-electron chi connectivity index (χ2n) is 10.9. The van der Waals surface area contributed by atoms with Crippen LogP contribution in [0.25, 0.3) is 0 Å². The van der Waals surface area contributed by atoms with Crippen LogP contribution in [0.2, 0.25) is 0 Å². The highest BCUT2D eigenvalue weighted by atomic mass is 16.6. The molecule has 2 aliphatic carbocycles. The zero-order valence-electron chi connectivity index (χ0n) is 25.6. The molecule has 0 unspecified atom stereocenters. The normalized spacial score (nSPS) is 20.1. The summed E-state index contributed by atoms with van der Waals surface area (Å²) >= 11 is 0. The number of hydrogen-bond donors (Lipinski definition) is 2. The predicted octanol–water partition coefficient (Wildman–Crippen LogP) is 2.01. The van der Waals surface area contributed by atoms with E-state index in [1.807, 2.05) is 0 Å². The summed E-state index contributed by atoms with van der Waals surface area (Å²) in [5.41, 5.74) is 1.24. The summed E-state index contributed by atoms with van der Waals surface area (Å²) < 4.78 is 27.2. The molecule has 4 amide bonds. The van der Waals surface area contributed by atoms with Crippen LogP contribution in [0.4, 0.5) is 10.5 Å². The molecule has 3 aliphatic rings. The van der Waals surface area contributed by atoms with Crippen molar-refractivity contribution in [2.24, 2.45) is 17.8 Å². The monoisotopic (exact) mass is 625 g/mol. The van der Waals surface area contributed by atoms with Crippen LogP contribution in [0.15, 0.2) is 36.4 Å². The molecule has 0 saturated heterocycles. The largest absolute Gasteiger partial charge is 0.449 e. The number of alkyl carbamates (subject to hydrolysis) is 1. The van der Waals surface area contributed by atoms with Gasteiger partial charge in [-0.1, -0.05) is 12.1 Å². The lowest BCUT2D eigenvalue weighted by Gasteiger charge is -2.14. The van der Waals surface area contributed by atoms with Crippen molar-refractivity contribution in [2.75, 3.05) is 77.5 Å². The van der Waals surface area contributed by atoms with Crippen molar-refractivity contribution in [3.05, 3.63) is 42.0 Å². The first-order valence-corrected chi connectivity index (χ1v) is 15.6. The van der Waals surface area contributed by atoms with Gasteiger partial charge in [-0.25, -0.2) is 9.69 Å². The molecule has 12 heteroatoms. The van der Waals surface area contributed by atoms with Crippen LogP contribution in [0.1, 0.15) is 31.2 Å². The Balaban J connectivity index is 0.869. The second-order valence-corrected chi connectivity index (χ2v) is 10.9. The Bertz CT molecular complexity index is 1190. The molecule has 0 bridgehead atoms. The number of amides is 4. The van der Waals surface area contributed by atoms with Gasteiger partial charge in [-0.2, -0.15) is 0 Å². The topological polar surface area (TPSA) is 142 Å². The number of benzene rings is 1. The van der Waals surface area contributed by atoms with Crippen LogP contribution in [-0.2, 0) is 44.5 Å². The number of hydrogen-bond acceptors (Lipinski definition) is 9. The third-order valence-corrected chi connectivity index (χ3v) is 7.81. The second kappa shape index (κ2) is 18.9. The predicted molar refractivity (Wildman–Crippen MR) is 164 cm³/mol. The summed E-state index contributed by atoms with van der Waals surface area (Å²) in [6, 6.07) is 6.73. The Morgan fingerprint density at radius 2 is 1.24 bits per heavy atom. The molecule has 45 heavy (non-hydrogen) atoms. The van der Waals surface area contributed by atoms with Crippen LogP contribution >= 0.6 is 0 Å². The maximum absolute atomic E-state index is 12.2. The van der Waals surface area contributed by atoms with Gasteiger partial charge in [0.15, 0.2) is 0 Å². The van der Waals surface area contributed by atoms with E-state index in [1.54, 1.807) is 24.3 Å². The lowest BCUT2D eigenvalue weighted by Crippen LogP contribution is -2.30. The van der Waals surface area contributed by atoms with E-state index in [9.17, 15) is 19.2 Å². The van der Waals surface area contributed by atoms with E-state index >= 15 is 0 Å². The van der Waals surface area contributed by atoms with E-state index in [1.165, 1.54) is 12.2 Å². The number of nitrogens with zero attached hydrogens (tertiary/aromatic N) is 1. The van der Waals surface area contributed by atoms with Gasteiger partial charge < -0.3 is 34.3 Å². The molecular weight excluding hydrogens is 582 g/mol. The first-order valence-electron chi connectivity index (χ1n) is 15.6. The molecule has 0 spiro atoms. The summed E-state index contributed by atoms with van der Waals surface area (Å²) in [6.07, 6.45) is 6.37. The van der Waals surface area contributed by atoms with Gasteiger partial charge in [0, 0.05) is 38.1 Å². The number of imide groups is 1. The van der Waals surface area contributed by atoms with Gasteiger partial charge in [-0.3, -0.25) is 14.4 Å². The van der Waals surface area contributed by atoms with Crippen LogP contribution in [0.5, 0.6) is 0 Å². The molecule has 1 heterocycles. The maximum Gasteiger partial charge on any atom is 0.407 e. The van der Waals surface area contributed by atoms with Gasteiger partial charge in [0.2, 0.25) is 5.91 Å². The molecule has 0 radical (unpaired) electrons. The summed E-state index contributed by atoms with van der Waals surface area (Å²) in [6.45, 7) is 4.50. The van der Waals surface area contributed by atoms with Crippen LogP contribution in [0, 0.1) is 29.6 Å². The van der Waals surface area contributed by atoms with E-state index in [2.05, 4.69) is 22.5 Å². The van der Waals surface area contributed by atoms with Crippen molar-refractivity contribution in [2.45, 2.75) is 32.1 Å². The highest BCUT2D eigenvalue weighted by molar-refractivity contribution is 6.28. The van der Waals surface area contributed by atoms with Crippen molar-refractivity contribution < 1.29 is 42.9 Å². The van der Waals surface area contributed by atoms with E-state index in [-0.39, 0.29) is 24.1 Å². The van der Waals surface area contributed by atoms with Crippen molar-refractivity contribution in [1.29, 1.82) is 0 Å². The Hall–Kier alpha value is -3.76. The molecule has 1 saturated carbocycles. The molecule has 1 fully saturated rings. The maximum atomic E-state index is 12.2. The number of rotatable bonds is 20. The standard InChI is InChI=1S/C33H43N3O9/c37-30(23-25-7-9-26(10-8-25)36-31(38)11-12-32(36)39)34-13-15-41-17-19-43-21-22-44-20-18-42-16-14-35-33(40)45-24-29-27-5-3-1-2-4-6-28(27)29/h7-12,27-29H,3-6,13-24H2,(H,34,37)(H,35,40)/t27-,28+,29-. The molecule has 0 aromatic heterocycles. The van der Waals surface area contributed by atoms with Crippen LogP contribution in [-0.4, -0.2) is 96.4 Å². The van der Waals surface area contributed by atoms with Crippen molar-refractivity contribution in [3.63, 3.8) is 0 Å². The molecule has 12 nitrogen and oxygen atoms in total. The SMILES string of the molecule is O=C(Cc1ccc(N2C(=O)C=CC2=O)cc1)NCCOCCOCCOCCOCCNC(=O)OC[C@@H]1[C@@H]2CCC#CCC[C@@H]21. The van der Waals surface area contributed by atoms with Crippen molar-refractivity contribution >= 4 is 29.5 Å². The lowest BCUT2D eigenvalue weighted by atomic mass is 10.1. The summed E-state index contributed by atoms with van der Waals surface area (Å²) in [5.74, 6) is 7.27. The molecule has 1 aromatic carbocycles. The number of ether oxygens (including phenoxy) is 5. The molecule has 1 aromatic rings. The molecule has 2 N–H and O–H groups in total. The third kappa shape index (κ3) is 11.9. The van der Waals surface area contributed by atoms with Gasteiger partial charge in [0.05, 0.1) is 71.6 Å². The molecule has 1 aliphatic heterocycles. The first kappa shape index (κ1) is 34.1. The summed E-state index contributed by atoms with van der Waals surface area (Å²) in [4.78, 5) is 48.6. The minimum Gasteiger partial charge on any atom is -0.449 e. The van der Waals surface area contributed by atoms with Gasteiger partial charge in [-0.05, 0) is 48.3 Å². The van der Waals surface area contributed by atoms with E-state index in [0.717, 1.165) is 36.1 Å².